The van der Waals surface area contributed by atoms with Crippen molar-refractivity contribution in [3.8, 4) is 11.1 Å². The summed E-state index contributed by atoms with van der Waals surface area (Å²) in [4.78, 5) is 11.4. The van der Waals surface area contributed by atoms with Crippen LogP contribution in [0.2, 0.25) is 0 Å². The average Bonchev–Trinajstić information content (AvgIpc) is 2.56. The number of fused-ring (bicyclic) bond motifs is 1. The van der Waals surface area contributed by atoms with E-state index in [-0.39, 0.29) is 0 Å². The van der Waals surface area contributed by atoms with Gasteiger partial charge < -0.3 is 0 Å². The molecule has 1 nitrogen and oxygen atoms in total. The molecule has 21 heavy (non-hydrogen) atoms. The summed E-state index contributed by atoms with van der Waals surface area (Å²) >= 11 is 0. The molecule has 3 aromatic carbocycles. The number of hydrogen-bond donors (Lipinski definition) is 0. The Hall–Kier alpha value is -2.67. The van der Waals surface area contributed by atoms with Crippen molar-refractivity contribution in [2.75, 3.05) is 0 Å². The lowest BCUT2D eigenvalue weighted by Crippen LogP contribution is -1.92. The molecule has 0 spiro atoms. The highest BCUT2D eigenvalue weighted by atomic mass is 16.1. The monoisotopic (exact) mass is 272 g/mol. The molecule has 0 saturated carbocycles. The lowest BCUT2D eigenvalue weighted by Gasteiger charge is -2.13. The zero-order valence-corrected chi connectivity index (χ0v) is 11.9. The van der Waals surface area contributed by atoms with Gasteiger partial charge in [-0.05, 0) is 34.4 Å². The largest absolute Gasteiger partial charge is 0.298 e. The Bertz CT molecular complexity index is 814. The summed E-state index contributed by atoms with van der Waals surface area (Å²) in [5, 5.41) is 2.35. The topological polar surface area (TPSA) is 17.1 Å². The minimum atomic E-state index is 0.722. The molecule has 0 amide bonds. The van der Waals surface area contributed by atoms with Crippen LogP contribution < -0.4 is 0 Å². The summed E-state index contributed by atoms with van der Waals surface area (Å²) in [6.45, 7) is 1.90. The molecule has 0 aromatic heterocycles. The minimum absolute atomic E-state index is 0.722. The number of allylic oxidation sites excluding steroid dienone is 2. The van der Waals surface area contributed by atoms with E-state index in [0.717, 1.165) is 28.5 Å². The number of rotatable bonds is 3. The molecule has 0 heterocycles. The second kappa shape index (κ2) is 5.76. The van der Waals surface area contributed by atoms with Crippen molar-refractivity contribution in [3.63, 3.8) is 0 Å². The van der Waals surface area contributed by atoms with Crippen LogP contribution in [0, 0.1) is 0 Å². The minimum Gasteiger partial charge on any atom is -0.298 e. The number of aldehydes is 1. The van der Waals surface area contributed by atoms with Gasteiger partial charge >= 0.3 is 0 Å². The molecule has 0 atom stereocenters. The van der Waals surface area contributed by atoms with E-state index in [1.807, 2.05) is 49.4 Å². The molecule has 0 unspecified atom stereocenters. The van der Waals surface area contributed by atoms with Crippen LogP contribution in [-0.4, -0.2) is 6.29 Å². The molecule has 0 bridgehead atoms. The maximum Gasteiger partial charge on any atom is 0.150 e. The molecular weight excluding hydrogens is 256 g/mol. The SMILES string of the molecule is CC=C(C=O)c1ccc2ccccc2c1-c1ccccc1. The van der Waals surface area contributed by atoms with E-state index in [1.165, 1.54) is 10.8 Å². The standard InChI is InChI=1S/C20H16O/c1-2-15(14-21)19-13-12-16-8-6-7-11-18(16)20(19)17-9-4-3-5-10-17/h2-14H,1H3. The molecule has 3 aromatic rings. The summed E-state index contributed by atoms with van der Waals surface area (Å²) < 4.78 is 0. The fourth-order valence-electron chi connectivity index (χ4n) is 2.71. The van der Waals surface area contributed by atoms with Gasteiger partial charge in [-0.25, -0.2) is 0 Å². The van der Waals surface area contributed by atoms with Gasteiger partial charge in [0.1, 0.15) is 6.29 Å². The number of hydrogen-bond acceptors (Lipinski definition) is 1. The first-order valence-corrected chi connectivity index (χ1v) is 7.04. The van der Waals surface area contributed by atoms with Crippen LogP contribution in [0.15, 0.2) is 72.8 Å². The van der Waals surface area contributed by atoms with Crippen LogP contribution in [0.5, 0.6) is 0 Å². The average molecular weight is 272 g/mol. The Morgan fingerprint density at radius 2 is 1.57 bits per heavy atom. The lowest BCUT2D eigenvalue weighted by molar-refractivity contribution is -0.103. The zero-order valence-electron chi connectivity index (χ0n) is 11.9. The summed E-state index contributed by atoms with van der Waals surface area (Å²) in [7, 11) is 0. The number of benzene rings is 3. The normalized spacial score (nSPS) is 11.6. The highest BCUT2D eigenvalue weighted by Gasteiger charge is 2.12. The Balaban J connectivity index is 2.41. The first-order chi connectivity index (χ1) is 10.3. The Morgan fingerprint density at radius 3 is 2.29 bits per heavy atom. The molecule has 0 N–H and O–H groups in total. The van der Waals surface area contributed by atoms with Crippen LogP contribution in [0.3, 0.4) is 0 Å². The third-order valence-electron chi connectivity index (χ3n) is 3.74. The molecule has 3 rings (SSSR count). The Labute approximate surface area is 124 Å². The molecular formula is C20H16O. The van der Waals surface area contributed by atoms with E-state index < -0.39 is 0 Å². The maximum atomic E-state index is 11.4. The van der Waals surface area contributed by atoms with Crippen molar-refractivity contribution in [1.82, 2.24) is 0 Å². The molecule has 0 fully saturated rings. The van der Waals surface area contributed by atoms with Crippen LogP contribution in [0.1, 0.15) is 12.5 Å². The second-order valence-corrected chi connectivity index (χ2v) is 4.94. The van der Waals surface area contributed by atoms with Crippen LogP contribution >= 0.6 is 0 Å². The third-order valence-corrected chi connectivity index (χ3v) is 3.74. The molecule has 102 valence electrons. The molecule has 0 radical (unpaired) electrons. The van der Waals surface area contributed by atoms with Crippen molar-refractivity contribution in [2.24, 2.45) is 0 Å². The smallest absolute Gasteiger partial charge is 0.150 e. The quantitative estimate of drug-likeness (QED) is 0.478. The van der Waals surface area contributed by atoms with Gasteiger partial charge in [0.2, 0.25) is 0 Å². The van der Waals surface area contributed by atoms with Crippen molar-refractivity contribution >= 4 is 22.6 Å². The summed E-state index contributed by atoms with van der Waals surface area (Å²) in [6.07, 6.45) is 2.79. The van der Waals surface area contributed by atoms with Gasteiger partial charge in [-0.3, -0.25) is 4.79 Å². The second-order valence-electron chi connectivity index (χ2n) is 4.94. The molecule has 0 aliphatic carbocycles. The van der Waals surface area contributed by atoms with Gasteiger partial charge in [0, 0.05) is 5.57 Å². The summed E-state index contributed by atoms with van der Waals surface area (Å²) in [5.74, 6) is 0. The Morgan fingerprint density at radius 1 is 0.857 bits per heavy atom. The van der Waals surface area contributed by atoms with Crippen molar-refractivity contribution in [1.29, 1.82) is 0 Å². The van der Waals surface area contributed by atoms with Crippen molar-refractivity contribution < 1.29 is 4.79 Å². The van der Waals surface area contributed by atoms with Crippen molar-refractivity contribution in [3.05, 3.63) is 78.4 Å². The number of carbonyl (C=O) groups excluding carboxylic acids is 1. The van der Waals surface area contributed by atoms with E-state index >= 15 is 0 Å². The van der Waals surface area contributed by atoms with E-state index in [9.17, 15) is 4.79 Å². The highest BCUT2D eigenvalue weighted by molar-refractivity contribution is 6.13. The summed E-state index contributed by atoms with van der Waals surface area (Å²) in [6, 6.07) is 22.6. The van der Waals surface area contributed by atoms with Crippen LogP contribution in [0.4, 0.5) is 0 Å². The highest BCUT2D eigenvalue weighted by Crippen LogP contribution is 2.35. The van der Waals surface area contributed by atoms with Gasteiger partial charge in [0.05, 0.1) is 0 Å². The predicted molar refractivity (Wildman–Crippen MR) is 89.1 cm³/mol. The fourth-order valence-corrected chi connectivity index (χ4v) is 2.71. The first-order valence-electron chi connectivity index (χ1n) is 7.04. The molecule has 0 aliphatic rings. The van der Waals surface area contributed by atoms with Gasteiger partial charge in [0.15, 0.2) is 0 Å². The predicted octanol–water partition coefficient (Wildman–Crippen LogP) is 5.11. The molecule has 0 saturated heterocycles. The third kappa shape index (κ3) is 2.38. The van der Waals surface area contributed by atoms with E-state index in [4.69, 9.17) is 0 Å². The van der Waals surface area contributed by atoms with E-state index in [0.29, 0.717) is 0 Å². The lowest BCUT2D eigenvalue weighted by atomic mass is 9.90. The summed E-state index contributed by atoms with van der Waals surface area (Å²) in [5.41, 5.74) is 3.96. The van der Waals surface area contributed by atoms with Crippen molar-refractivity contribution in [2.45, 2.75) is 6.92 Å². The van der Waals surface area contributed by atoms with Gasteiger partial charge in [0.25, 0.3) is 0 Å². The fraction of sp³-hybridized carbons (Fsp3) is 0.0500. The molecule has 0 aliphatic heterocycles. The Kier molecular flexibility index (Phi) is 3.65. The van der Waals surface area contributed by atoms with Gasteiger partial charge in [-0.1, -0.05) is 72.8 Å². The maximum absolute atomic E-state index is 11.4. The molecule has 1 heteroatoms. The number of carbonyl (C=O) groups is 1. The first kappa shape index (κ1) is 13.3. The van der Waals surface area contributed by atoms with Crippen LogP contribution in [0.25, 0.3) is 27.5 Å². The van der Waals surface area contributed by atoms with E-state index in [2.05, 4.69) is 30.3 Å². The van der Waals surface area contributed by atoms with Crippen LogP contribution in [-0.2, 0) is 4.79 Å². The van der Waals surface area contributed by atoms with Gasteiger partial charge in [-0.15, -0.1) is 0 Å². The van der Waals surface area contributed by atoms with E-state index in [1.54, 1.807) is 0 Å². The zero-order chi connectivity index (χ0) is 14.7. The van der Waals surface area contributed by atoms with Gasteiger partial charge in [-0.2, -0.15) is 0 Å².